The summed E-state index contributed by atoms with van der Waals surface area (Å²) in [5.74, 6) is 2.61. The van der Waals surface area contributed by atoms with Gasteiger partial charge in [0.1, 0.15) is 0 Å². The Balaban J connectivity index is 1.98. The van der Waals surface area contributed by atoms with Crippen LogP contribution >= 0.6 is 0 Å². The number of aromatic amines is 1. The van der Waals surface area contributed by atoms with Crippen molar-refractivity contribution >= 4 is 5.96 Å². The van der Waals surface area contributed by atoms with Gasteiger partial charge in [0.15, 0.2) is 17.5 Å². The van der Waals surface area contributed by atoms with Crippen LogP contribution in [0.3, 0.4) is 0 Å². The monoisotopic (exact) mass is 389 g/mol. The number of hydrogen-bond donors (Lipinski definition) is 3. The summed E-state index contributed by atoms with van der Waals surface area (Å²) in [6.07, 6.45) is 3.86. The van der Waals surface area contributed by atoms with E-state index >= 15 is 0 Å². The van der Waals surface area contributed by atoms with Crippen LogP contribution in [0.5, 0.6) is 17.2 Å². The third-order valence-electron chi connectivity index (χ3n) is 4.34. The molecule has 1 aromatic carbocycles. The van der Waals surface area contributed by atoms with Gasteiger partial charge in [-0.1, -0.05) is 0 Å². The van der Waals surface area contributed by atoms with Crippen LogP contribution in [-0.2, 0) is 13.0 Å². The van der Waals surface area contributed by atoms with Crippen LogP contribution in [0.1, 0.15) is 30.2 Å². The van der Waals surface area contributed by atoms with Crippen molar-refractivity contribution in [1.29, 1.82) is 0 Å². The number of ether oxygens (including phenoxy) is 3. The first-order valence-corrected chi connectivity index (χ1v) is 9.42. The molecule has 0 saturated carbocycles. The highest BCUT2D eigenvalue weighted by atomic mass is 16.5. The molecule has 0 radical (unpaired) electrons. The Morgan fingerprint density at radius 2 is 1.82 bits per heavy atom. The lowest BCUT2D eigenvalue weighted by atomic mass is 10.1. The van der Waals surface area contributed by atoms with E-state index in [1.54, 1.807) is 21.3 Å². The summed E-state index contributed by atoms with van der Waals surface area (Å²) in [5.41, 5.74) is 3.35. The summed E-state index contributed by atoms with van der Waals surface area (Å²) in [5, 5.41) is 13.7. The van der Waals surface area contributed by atoms with Crippen molar-refractivity contribution < 1.29 is 14.2 Å². The second kappa shape index (κ2) is 11.1. The Kier molecular flexibility index (Phi) is 8.45. The van der Waals surface area contributed by atoms with Gasteiger partial charge in [-0.05, 0) is 49.9 Å². The number of guanidine groups is 1. The SMILES string of the molecule is CCNC(=NCc1cc(OC)c(OC)c(OC)c1)NCCCc1cn[nH]c1C. The maximum atomic E-state index is 5.41. The van der Waals surface area contributed by atoms with Crippen LogP contribution in [0.15, 0.2) is 23.3 Å². The summed E-state index contributed by atoms with van der Waals surface area (Å²) < 4.78 is 16.2. The molecular weight excluding hydrogens is 358 g/mol. The standard InChI is InChI=1S/C20H31N5O3/c1-6-21-20(22-9-7-8-16-13-24-25-14(16)2)23-12-15-10-17(26-3)19(28-5)18(11-15)27-4/h10-11,13H,6-9,12H2,1-5H3,(H,24,25)(H2,21,22,23). The zero-order valence-electron chi connectivity index (χ0n) is 17.4. The van der Waals surface area contributed by atoms with E-state index in [9.17, 15) is 0 Å². The molecule has 2 aromatic rings. The van der Waals surface area contributed by atoms with Crippen LogP contribution in [0.4, 0.5) is 0 Å². The number of nitrogens with zero attached hydrogens (tertiary/aromatic N) is 2. The van der Waals surface area contributed by atoms with Gasteiger partial charge in [-0.25, -0.2) is 4.99 Å². The molecular formula is C20H31N5O3. The molecule has 1 heterocycles. The van der Waals surface area contributed by atoms with E-state index in [1.165, 1.54) is 5.56 Å². The van der Waals surface area contributed by atoms with Crippen molar-refractivity contribution in [3.05, 3.63) is 35.2 Å². The van der Waals surface area contributed by atoms with Crippen molar-refractivity contribution in [3.8, 4) is 17.2 Å². The Morgan fingerprint density at radius 1 is 1.11 bits per heavy atom. The Hall–Kier alpha value is -2.90. The zero-order valence-corrected chi connectivity index (χ0v) is 17.4. The van der Waals surface area contributed by atoms with Gasteiger partial charge in [0.25, 0.3) is 0 Å². The predicted molar refractivity (Wildman–Crippen MR) is 111 cm³/mol. The molecule has 154 valence electrons. The fourth-order valence-electron chi connectivity index (χ4n) is 2.85. The second-order valence-corrected chi connectivity index (χ2v) is 6.28. The molecule has 1 aromatic heterocycles. The summed E-state index contributed by atoms with van der Waals surface area (Å²) in [7, 11) is 4.81. The lowest BCUT2D eigenvalue weighted by Crippen LogP contribution is -2.37. The molecule has 8 heteroatoms. The summed E-state index contributed by atoms with van der Waals surface area (Å²) >= 11 is 0. The minimum Gasteiger partial charge on any atom is -0.493 e. The first kappa shape index (κ1) is 21.4. The second-order valence-electron chi connectivity index (χ2n) is 6.28. The molecule has 0 amide bonds. The number of hydrogen-bond acceptors (Lipinski definition) is 5. The van der Waals surface area contributed by atoms with E-state index in [1.807, 2.05) is 32.2 Å². The first-order valence-electron chi connectivity index (χ1n) is 9.42. The molecule has 28 heavy (non-hydrogen) atoms. The number of methoxy groups -OCH3 is 3. The highest BCUT2D eigenvalue weighted by Gasteiger charge is 2.13. The van der Waals surface area contributed by atoms with E-state index < -0.39 is 0 Å². The summed E-state index contributed by atoms with van der Waals surface area (Å²) in [6, 6.07) is 3.83. The first-order chi connectivity index (χ1) is 13.6. The predicted octanol–water partition coefficient (Wildman–Crippen LogP) is 2.43. The number of aliphatic imine (C=N–C) groups is 1. The van der Waals surface area contributed by atoms with E-state index in [0.29, 0.717) is 23.8 Å². The number of benzene rings is 1. The molecule has 8 nitrogen and oxygen atoms in total. The smallest absolute Gasteiger partial charge is 0.203 e. The number of aromatic nitrogens is 2. The van der Waals surface area contributed by atoms with Crippen LogP contribution < -0.4 is 24.8 Å². The van der Waals surface area contributed by atoms with Crippen LogP contribution in [0, 0.1) is 6.92 Å². The van der Waals surface area contributed by atoms with Crippen LogP contribution in [0.25, 0.3) is 0 Å². The molecule has 2 rings (SSSR count). The molecule has 0 aliphatic rings. The number of nitrogens with one attached hydrogen (secondary N) is 3. The Morgan fingerprint density at radius 3 is 2.36 bits per heavy atom. The van der Waals surface area contributed by atoms with Crippen molar-refractivity contribution in [2.45, 2.75) is 33.2 Å². The minimum atomic E-state index is 0.493. The Bertz CT molecular complexity index is 748. The van der Waals surface area contributed by atoms with Gasteiger partial charge in [-0.3, -0.25) is 5.10 Å². The number of rotatable bonds is 10. The molecule has 0 aliphatic heterocycles. The van der Waals surface area contributed by atoms with Crippen molar-refractivity contribution in [2.24, 2.45) is 4.99 Å². The van der Waals surface area contributed by atoms with Crippen LogP contribution in [-0.4, -0.2) is 50.6 Å². The third-order valence-corrected chi connectivity index (χ3v) is 4.34. The zero-order chi connectivity index (χ0) is 20.4. The van der Waals surface area contributed by atoms with Gasteiger partial charge in [0, 0.05) is 18.8 Å². The molecule has 0 unspecified atom stereocenters. The summed E-state index contributed by atoms with van der Waals surface area (Å²) in [4.78, 5) is 4.67. The Labute approximate surface area is 166 Å². The molecule has 0 bridgehead atoms. The lowest BCUT2D eigenvalue weighted by Gasteiger charge is -2.14. The molecule has 0 saturated heterocycles. The lowest BCUT2D eigenvalue weighted by molar-refractivity contribution is 0.324. The molecule has 3 N–H and O–H groups in total. The normalized spacial score (nSPS) is 11.2. The molecule has 0 spiro atoms. The van der Waals surface area contributed by atoms with E-state index in [2.05, 4.69) is 25.8 Å². The van der Waals surface area contributed by atoms with Gasteiger partial charge in [0.05, 0.1) is 34.1 Å². The van der Waals surface area contributed by atoms with Gasteiger partial charge in [0.2, 0.25) is 5.75 Å². The van der Waals surface area contributed by atoms with Gasteiger partial charge in [-0.2, -0.15) is 5.10 Å². The summed E-state index contributed by atoms with van der Waals surface area (Å²) in [6.45, 7) is 6.20. The topological polar surface area (TPSA) is 92.8 Å². The minimum absolute atomic E-state index is 0.493. The van der Waals surface area contributed by atoms with E-state index in [-0.39, 0.29) is 0 Å². The van der Waals surface area contributed by atoms with E-state index in [0.717, 1.165) is 43.1 Å². The van der Waals surface area contributed by atoms with Crippen molar-refractivity contribution in [3.63, 3.8) is 0 Å². The average molecular weight is 390 g/mol. The molecule has 0 aliphatic carbocycles. The largest absolute Gasteiger partial charge is 0.493 e. The van der Waals surface area contributed by atoms with Crippen LogP contribution in [0.2, 0.25) is 0 Å². The van der Waals surface area contributed by atoms with Crippen molar-refractivity contribution in [1.82, 2.24) is 20.8 Å². The highest BCUT2D eigenvalue weighted by Crippen LogP contribution is 2.38. The average Bonchev–Trinajstić information content (AvgIpc) is 3.12. The highest BCUT2D eigenvalue weighted by molar-refractivity contribution is 5.79. The quantitative estimate of drug-likeness (QED) is 0.328. The molecule has 0 fully saturated rings. The third kappa shape index (κ3) is 5.80. The van der Waals surface area contributed by atoms with E-state index in [4.69, 9.17) is 14.2 Å². The van der Waals surface area contributed by atoms with Gasteiger partial charge < -0.3 is 24.8 Å². The fourth-order valence-corrected chi connectivity index (χ4v) is 2.85. The molecule has 0 atom stereocenters. The van der Waals surface area contributed by atoms with Crippen molar-refractivity contribution in [2.75, 3.05) is 34.4 Å². The van der Waals surface area contributed by atoms with Gasteiger partial charge in [-0.15, -0.1) is 0 Å². The number of H-pyrrole nitrogens is 1. The maximum absolute atomic E-state index is 5.41. The number of aryl methyl sites for hydroxylation is 2. The fraction of sp³-hybridized carbons (Fsp3) is 0.500. The van der Waals surface area contributed by atoms with Gasteiger partial charge >= 0.3 is 0 Å². The maximum Gasteiger partial charge on any atom is 0.203 e.